The lowest BCUT2D eigenvalue weighted by molar-refractivity contribution is 0.0931. The van der Waals surface area contributed by atoms with Crippen LogP contribution in [-0.4, -0.2) is 46.3 Å². The van der Waals surface area contributed by atoms with E-state index in [9.17, 15) is 19.1 Å². The maximum Gasteiger partial charge on any atom is 0.407 e. The molecule has 0 spiro atoms. The Hall–Kier alpha value is -2.78. The van der Waals surface area contributed by atoms with Gasteiger partial charge in [-0.25, -0.2) is 9.18 Å². The predicted octanol–water partition coefficient (Wildman–Crippen LogP) is 2.26. The van der Waals surface area contributed by atoms with Gasteiger partial charge in [0.2, 0.25) is 0 Å². The van der Waals surface area contributed by atoms with Gasteiger partial charge in [-0.05, 0) is 30.3 Å². The second-order valence-electron chi connectivity index (χ2n) is 7.27. The number of rotatable bonds is 3. The number of nitrogens with zero attached hydrogens (tertiary/aromatic N) is 1. The normalized spacial score (nSPS) is 26.0. The third-order valence-electron chi connectivity index (χ3n) is 5.47. The van der Waals surface area contributed by atoms with E-state index in [0.29, 0.717) is 22.6 Å². The van der Waals surface area contributed by atoms with Crippen molar-refractivity contribution in [2.45, 2.75) is 11.0 Å². The van der Waals surface area contributed by atoms with Crippen molar-refractivity contribution in [1.82, 2.24) is 15.5 Å². The number of hydrogen-bond donors (Lipinski definition) is 4. The Morgan fingerprint density at radius 2 is 2.03 bits per heavy atom. The van der Waals surface area contributed by atoms with E-state index < -0.39 is 22.9 Å². The van der Waals surface area contributed by atoms with E-state index in [4.69, 9.17) is 5.73 Å². The molecule has 0 radical (unpaired) electrons. The minimum Gasteiger partial charge on any atom is -0.465 e. The average molecular weight is 416 g/mol. The number of halogens is 1. The number of carbonyl (C=O) groups excluding carboxylic acids is 1. The fourth-order valence-corrected chi connectivity index (χ4v) is 5.34. The zero-order valence-corrected chi connectivity index (χ0v) is 16.3. The van der Waals surface area contributed by atoms with Crippen LogP contribution in [-0.2, 0) is 5.54 Å². The molecule has 2 aromatic carbocycles. The molecule has 29 heavy (non-hydrogen) atoms. The summed E-state index contributed by atoms with van der Waals surface area (Å²) in [4.78, 5) is 25.5. The summed E-state index contributed by atoms with van der Waals surface area (Å²) in [6.07, 6.45) is -1.06. The Bertz CT molecular complexity index is 945. The molecular formula is C20H21FN4O3S. The lowest BCUT2D eigenvalue weighted by atomic mass is 9.80. The van der Waals surface area contributed by atoms with Crippen molar-refractivity contribution in [3.8, 4) is 0 Å². The van der Waals surface area contributed by atoms with Crippen LogP contribution < -0.4 is 16.4 Å². The summed E-state index contributed by atoms with van der Waals surface area (Å²) in [5.74, 6) is -0.316. The van der Waals surface area contributed by atoms with Gasteiger partial charge in [0.25, 0.3) is 5.91 Å². The first-order valence-corrected chi connectivity index (χ1v) is 10.2. The number of likely N-dealkylation sites (tertiary alicyclic amines) is 1. The number of nitrogens with two attached hydrogens (primary N) is 1. The number of thioether (sulfide) groups is 1. The molecule has 3 unspecified atom stereocenters. The number of nitrogens with one attached hydrogen (secondary N) is 2. The summed E-state index contributed by atoms with van der Waals surface area (Å²) in [5, 5.41) is 15.8. The summed E-state index contributed by atoms with van der Waals surface area (Å²) in [6, 6.07) is 13.1. The van der Waals surface area contributed by atoms with Gasteiger partial charge in [0.1, 0.15) is 11.3 Å². The molecule has 0 aliphatic carbocycles. The second kappa shape index (κ2) is 7.57. The van der Waals surface area contributed by atoms with E-state index in [1.165, 1.54) is 28.8 Å². The van der Waals surface area contributed by atoms with Crippen LogP contribution in [0.25, 0.3) is 0 Å². The minimum atomic E-state index is -1.06. The van der Waals surface area contributed by atoms with Crippen molar-refractivity contribution >= 4 is 29.4 Å². The van der Waals surface area contributed by atoms with Crippen LogP contribution in [0.5, 0.6) is 0 Å². The van der Waals surface area contributed by atoms with Gasteiger partial charge >= 0.3 is 6.09 Å². The Kier molecular flexibility index (Phi) is 5.10. The monoisotopic (exact) mass is 416 g/mol. The molecular weight excluding hydrogens is 395 g/mol. The first-order valence-electron chi connectivity index (χ1n) is 9.17. The highest BCUT2D eigenvalue weighted by Gasteiger charge is 2.54. The Morgan fingerprint density at radius 1 is 1.28 bits per heavy atom. The van der Waals surface area contributed by atoms with Crippen molar-refractivity contribution < 1.29 is 19.1 Å². The zero-order valence-electron chi connectivity index (χ0n) is 15.5. The Morgan fingerprint density at radius 3 is 2.76 bits per heavy atom. The SMILES string of the molecule is Nc1ccc(F)c(C23CN(C(=O)O)CC2CSC(NC(=O)c2ccccc2)N3)c1. The smallest absolute Gasteiger partial charge is 0.407 e. The first-order chi connectivity index (χ1) is 13.9. The summed E-state index contributed by atoms with van der Waals surface area (Å²) in [7, 11) is 0. The number of hydrogen-bond acceptors (Lipinski definition) is 5. The van der Waals surface area contributed by atoms with Crippen molar-refractivity contribution in [1.29, 1.82) is 0 Å². The molecule has 152 valence electrons. The van der Waals surface area contributed by atoms with Gasteiger partial charge in [-0.2, -0.15) is 0 Å². The predicted molar refractivity (Wildman–Crippen MR) is 109 cm³/mol. The molecule has 5 N–H and O–H groups in total. The van der Waals surface area contributed by atoms with E-state index >= 15 is 0 Å². The van der Waals surface area contributed by atoms with Crippen molar-refractivity contribution in [3.63, 3.8) is 0 Å². The molecule has 2 aliphatic rings. The Balaban J connectivity index is 1.65. The topological polar surface area (TPSA) is 108 Å². The molecule has 2 heterocycles. The van der Waals surface area contributed by atoms with E-state index in [0.717, 1.165) is 0 Å². The second-order valence-corrected chi connectivity index (χ2v) is 8.41. The van der Waals surface area contributed by atoms with E-state index in [-0.39, 0.29) is 24.9 Å². The molecule has 2 fully saturated rings. The molecule has 9 heteroatoms. The first kappa shape index (κ1) is 19.5. The molecule has 7 nitrogen and oxygen atoms in total. The van der Waals surface area contributed by atoms with Crippen LogP contribution in [0.2, 0.25) is 0 Å². The highest BCUT2D eigenvalue weighted by molar-refractivity contribution is 7.99. The molecule has 2 aromatic rings. The molecule has 0 saturated carbocycles. The third kappa shape index (κ3) is 3.63. The van der Waals surface area contributed by atoms with Crippen LogP contribution in [0.1, 0.15) is 15.9 Å². The van der Waals surface area contributed by atoms with Gasteiger partial charge in [0, 0.05) is 41.6 Å². The largest absolute Gasteiger partial charge is 0.465 e. The molecule has 0 bridgehead atoms. The van der Waals surface area contributed by atoms with E-state index in [1.54, 1.807) is 30.3 Å². The molecule has 2 aliphatic heterocycles. The minimum absolute atomic E-state index is 0.0750. The van der Waals surface area contributed by atoms with Crippen LogP contribution in [0.4, 0.5) is 14.9 Å². The third-order valence-corrected chi connectivity index (χ3v) is 6.63. The van der Waals surface area contributed by atoms with Gasteiger partial charge in [0.05, 0.1) is 5.54 Å². The highest BCUT2D eigenvalue weighted by Crippen LogP contribution is 2.44. The van der Waals surface area contributed by atoms with Crippen LogP contribution in [0, 0.1) is 11.7 Å². The summed E-state index contributed by atoms with van der Waals surface area (Å²) in [5.41, 5.74) is 5.65. The molecule has 3 atom stereocenters. The number of benzene rings is 2. The maximum absolute atomic E-state index is 14.8. The van der Waals surface area contributed by atoms with Crippen molar-refractivity contribution in [2.24, 2.45) is 5.92 Å². The lowest BCUT2D eigenvalue weighted by Crippen LogP contribution is -2.61. The number of nitrogen functional groups attached to an aromatic ring is 1. The summed E-state index contributed by atoms with van der Waals surface area (Å²) in [6.45, 7) is 0.356. The zero-order chi connectivity index (χ0) is 20.6. The number of anilines is 1. The number of carbonyl (C=O) groups is 2. The van der Waals surface area contributed by atoms with Gasteiger partial charge in [-0.3, -0.25) is 10.1 Å². The van der Waals surface area contributed by atoms with Crippen molar-refractivity contribution in [2.75, 3.05) is 24.6 Å². The van der Waals surface area contributed by atoms with E-state index in [2.05, 4.69) is 10.6 Å². The Labute approximate surface area is 171 Å². The van der Waals surface area contributed by atoms with Crippen molar-refractivity contribution in [3.05, 3.63) is 65.5 Å². The van der Waals surface area contributed by atoms with Crippen LogP contribution >= 0.6 is 11.8 Å². The maximum atomic E-state index is 14.8. The number of fused-ring (bicyclic) bond motifs is 1. The van der Waals surface area contributed by atoms with Gasteiger partial charge in [-0.15, -0.1) is 11.8 Å². The van der Waals surface area contributed by atoms with Gasteiger partial charge in [-0.1, -0.05) is 18.2 Å². The molecule has 2 amide bonds. The summed E-state index contributed by atoms with van der Waals surface area (Å²) < 4.78 is 14.8. The van der Waals surface area contributed by atoms with Gasteiger partial charge < -0.3 is 21.1 Å². The number of carboxylic acid groups (broad SMARTS) is 1. The lowest BCUT2D eigenvalue weighted by Gasteiger charge is -2.43. The van der Waals surface area contributed by atoms with Crippen LogP contribution in [0.15, 0.2) is 48.5 Å². The fraction of sp³-hybridized carbons (Fsp3) is 0.300. The van der Waals surface area contributed by atoms with Gasteiger partial charge in [0.15, 0.2) is 0 Å². The average Bonchev–Trinajstić information content (AvgIpc) is 3.11. The van der Waals surface area contributed by atoms with E-state index in [1.807, 2.05) is 6.07 Å². The summed E-state index contributed by atoms with van der Waals surface area (Å²) >= 11 is 1.46. The van der Waals surface area contributed by atoms with Crippen LogP contribution in [0.3, 0.4) is 0 Å². The number of amides is 2. The molecule has 2 saturated heterocycles. The fourth-order valence-electron chi connectivity index (χ4n) is 4.05. The standard InChI is InChI=1S/C20H21FN4O3S/c21-16-7-6-14(22)8-15(16)20-11-25(19(27)28)9-13(20)10-29-18(24-20)23-17(26)12-4-2-1-3-5-12/h1-8,13,18,24H,9-11,22H2,(H,23,26)(H,27,28). The molecule has 4 rings (SSSR count). The highest BCUT2D eigenvalue weighted by atomic mass is 32.2. The quantitative estimate of drug-likeness (QED) is 0.572. The molecule has 0 aromatic heterocycles.